The lowest BCUT2D eigenvalue weighted by atomic mass is 9.92. The molecule has 0 aromatic carbocycles. The van der Waals surface area contributed by atoms with Gasteiger partial charge in [-0.1, -0.05) is 13.8 Å². The van der Waals surface area contributed by atoms with E-state index >= 15 is 0 Å². The molecule has 22 heavy (non-hydrogen) atoms. The fourth-order valence-electron chi connectivity index (χ4n) is 3.63. The number of halogens is 3. The predicted octanol–water partition coefficient (Wildman–Crippen LogP) is 3.60. The number of alkyl halides is 2. The van der Waals surface area contributed by atoms with Gasteiger partial charge in [0.2, 0.25) is 11.2 Å². The Balaban J connectivity index is 2.03. The molecule has 1 aliphatic heterocycles. The van der Waals surface area contributed by atoms with Gasteiger partial charge in [-0.05, 0) is 23.4 Å². The molecule has 0 bridgehead atoms. The van der Waals surface area contributed by atoms with Gasteiger partial charge in [0.1, 0.15) is 0 Å². The first-order valence-corrected chi connectivity index (χ1v) is 7.93. The molecule has 2 heterocycles. The zero-order chi connectivity index (χ0) is 16.1. The van der Waals surface area contributed by atoms with E-state index in [1.165, 1.54) is 0 Å². The SMILES string of the molecule is CN1CC(C)(C)CN(C2CCC(F)(F)C2)c2nc(Cl)ncc21. The number of anilines is 2. The van der Waals surface area contributed by atoms with Gasteiger partial charge in [-0.3, -0.25) is 0 Å². The van der Waals surface area contributed by atoms with Crippen molar-refractivity contribution in [2.24, 2.45) is 5.41 Å². The second-order valence-corrected chi connectivity index (χ2v) is 7.59. The van der Waals surface area contributed by atoms with Crippen LogP contribution in [0.25, 0.3) is 0 Å². The summed E-state index contributed by atoms with van der Waals surface area (Å²) in [7, 11) is 1.98. The van der Waals surface area contributed by atoms with Crippen LogP contribution in [-0.4, -0.2) is 42.1 Å². The van der Waals surface area contributed by atoms with E-state index in [1.54, 1.807) is 6.20 Å². The standard InChI is InChI=1S/C15H21ClF2N4/c1-14(2)8-21(3)11-7-19-13(16)20-12(11)22(9-14)10-4-5-15(17,18)6-10/h7,10H,4-6,8-9H2,1-3H3. The molecular formula is C15H21ClF2N4. The molecule has 2 aliphatic rings. The van der Waals surface area contributed by atoms with Crippen LogP contribution in [-0.2, 0) is 0 Å². The molecule has 0 spiro atoms. The van der Waals surface area contributed by atoms with Crippen molar-refractivity contribution in [3.05, 3.63) is 11.5 Å². The Morgan fingerprint density at radius 3 is 2.68 bits per heavy atom. The van der Waals surface area contributed by atoms with Crippen LogP contribution in [0.4, 0.5) is 20.3 Å². The Labute approximate surface area is 134 Å². The van der Waals surface area contributed by atoms with Crippen LogP contribution >= 0.6 is 11.6 Å². The first-order valence-electron chi connectivity index (χ1n) is 7.55. The molecule has 0 N–H and O–H groups in total. The van der Waals surface area contributed by atoms with E-state index < -0.39 is 5.92 Å². The Hall–Kier alpha value is -1.17. The average Bonchev–Trinajstić information content (AvgIpc) is 2.70. The molecule has 122 valence electrons. The fraction of sp³-hybridized carbons (Fsp3) is 0.733. The van der Waals surface area contributed by atoms with E-state index in [4.69, 9.17) is 11.6 Å². The topological polar surface area (TPSA) is 32.3 Å². The van der Waals surface area contributed by atoms with E-state index in [1.807, 2.05) is 11.9 Å². The quantitative estimate of drug-likeness (QED) is 0.736. The number of nitrogens with zero attached hydrogens (tertiary/aromatic N) is 4. The maximum atomic E-state index is 13.7. The Morgan fingerprint density at radius 1 is 1.32 bits per heavy atom. The van der Waals surface area contributed by atoms with E-state index in [-0.39, 0.29) is 29.6 Å². The van der Waals surface area contributed by atoms with E-state index in [9.17, 15) is 8.78 Å². The lowest BCUT2D eigenvalue weighted by Crippen LogP contribution is -2.42. The first kappa shape index (κ1) is 15.7. The molecule has 1 fully saturated rings. The number of rotatable bonds is 1. The minimum absolute atomic E-state index is 0.0419. The van der Waals surface area contributed by atoms with Crippen molar-refractivity contribution in [1.82, 2.24) is 9.97 Å². The normalized spacial score (nSPS) is 26.7. The lowest BCUT2D eigenvalue weighted by Gasteiger charge is -2.35. The van der Waals surface area contributed by atoms with Gasteiger partial charge in [0.05, 0.1) is 11.9 Å². The molecule has 0 radical (unpaired) electrons. The van der Waals surface area contributed by atoms with Crippen LogP contribution in [0.2, 0.25) is 5.28 Å². The zero-order valence-corrected chi connectivity index (χ0v) is 13.9. The van der Waals surface area contributed by atoms with E-state index in [0.717, 1.165) is 12.2 Å². The third-order valence-corrected chi connectivity index (χ3v) is 4.67. The van der Waals surface area contributed by atoms with Crippen LogP contribution in [0.15, 0.2) is 6.20 Å². The Kier molecular flexibility index (Phi) is 3.70. The highest BCUT2D eigenvalue weighted by molar-refractivity contribution is 6.28. The van der Waals surface area contributed by atoms with Gasteiger partial charge < -0.3 is 9.80 Å². The van der Waals surface area contributed by atoms with Crippen molar-refractivity contribution in [3.63, 3.8) is 0 Å². The highest BCUT2D eigenvalue weighted by Gasteiger charge is 2.44. The van der Waals surface area contributed by atoms with Crippen molar-refractivity contribution < 1.29 is 8.78 Å². The summed E-state index contributed by atoms with van der Waals surface area (Å²) in [6, 6.07) is -0.203. The number of fused-ring (bicyclic) bond motifs is 1. The second-order valence-electron chi connectivity index (χ2n) is 7.25. The van der Waals surface area contributed by atoms with Crippen molar-refractivity contribution in [2.45, 2.75) is 45.1 Å². The van der Waals surface area contributed by atoms with Crippen molar-refractivity contribution in [3.8, 4) is 0 Å². The van der Waals surface area contributed by atoms with Crippen LogP contribution in [0.1, 0.15) is 33.1 Å². The molecule has 1 aromatic heterocycles. The van der Waals surface area contributed by atoms with Gasteiger partial charge in [-0.25, -0.2) is 13.8 Å². The van der Waals surface area contributed by atoms with Gasteiger partial charge >= 0.3 is 0 Å². The predicted molar refractivity (Wildman–Crippen MR) is 84.0 cm³/mol. The second kappa shape index (κ2) is 5.18. The van der Waals surface area contributed by atoms with E-state index in [0.29, 0.717) is 18.8 Å². The highest BCUT2D eigenvalue weighted by atomic mass is 35.5. The summed E-state index contributed by atoms with van der Waals surface area (Å²) in [4.78, 5) is 12.5. The molecule has 1 unspecified atom stereocenters. The fourth-order valence-corrected chi connectivity index (χ4v) is 3.76. The first-order chi connectivity index (χ1) is 10.2. The van der Waals surface area contributed by atoms with Crippen LogP contribution in [0, 0.1) is 5.41 Å². The number of hydrogen-bond acceptors (Lipinski definition) is 4. The van der Waals surface area contributed by atoms with Crippen LogP contribution in [0.3, 0.4) is 0 Å². The maximum absolute atomic E-state index is 13.7. The van der Waals surface area contributed by atoms with Gasteiger partial charge in [0.25, 0.3) is 0 Å². The third kappa shape index (κ3) is 2.98. The molecule has 1 aromatic rings. The summed E-state index contributed by atoms with van der Waals surface area (Å²) in [5.41, 5.74) is 0.810. The van der Waals surface area contributed by atoms with Crippen molar-refractivity contribution in [1.29, 1.82) is 0 Å². The molecule has 4 nitrogen and oxygen atoms in total. The lowest BCUT2D eigenvalue weighted by molar-refractivity contribution is 0.00759. The van der Waals surface area contributed by atoms with Crippen molar-refractivity contribution in [2.75, 3.05) is 29.9 Å². The summed E-state index contributed by atoms with van der Waals surface area (Å²) in [5, 5.41) is 0.154. The minimum Gasteiger partial charge on any atom is -0.370 e. The highest BCUT2D eigenvalue weighted by Crippen LogP contribution is 2.43. The van der Waals surface area contributed by atoms with Crippen LogP contribution < -0.4 is 9.80 Å². The molecule has 1 atom stereocenters. The molecule has 1 saturated carbocycles. The number of aromatic nitrogens is 2. The molecular weight excluding hydrogens is 310 g/mol. The number of hydrogen-bond donors (Lipinski definition) is 0. The molecule has 0 saturated heterocycles. The summed E-state index contributed by atoms with van der Waals surface area (Å²) < 4.78 is 27.4. The smallest absolute Gasteiger partial charge is 0.250 e. The summed E-state index contributed by atoms with van der Waals surface area (Å²) >= 11 is 5.96. The van der Waals surface area contributed by atoms with Gasteiger partial charge in [0, 0.05) is 39.0 Å². The Morgan fingerprint density at radius 2 is 2.05 bits per heavy atom. The largest absolute Gasteiger partial charge is 0.370 e. The molecule has 7 heteroatoms. The monoisotopic (exact) mass is 330 g/mol. The van der Waals surface area contributed by atoms with E-state index in [2.05, 4.69) is 28.7 Å². The molecule has 0 amide bonds. The Bertz CT molecular complexity index is 579. The summed E-state index contributed by atoms with van der Waals surface area (Å²) in [5.74, 6) is -1.90. The van der Waals surface area contributed by atoms with Gasteiger partial charge in [0.15, 0.2) is 5.82 Å². The molecule has 3 rings (SSSR count). The van der Waals surface area contributed by atoms with Crippen LogP contribution in [0.5, 0.6) is 0 Å². The van der Waals surface area contributed by atoms with Gasteiger partial charge in [-0.15, -0.1) is 0 Å². The zero-order valence-electron chi connectivity index (χ0n) is 13.1. The maximum Gasteiger partial charge on any atom is 0.250 e. The molecule has 1 aliphatic carbocycles. The third-order valence-electron chi connectivity index (χ3n) is 4.49. The average molecular weight is 331 g/mol. The van der Waals surface area contributed by atoms with Crippen molar-refractivity contribution >= 4 is 23.1 Å². The summed E-state index contributed by atoms with van der Waals surface area (Å²) in [6.45, 7) is 5.78. The van der Waals surface area contributed by atoms with Gasteiger partial charge in [-0.2, -0.15) is 4.98 Å². The summed E-state index contributed by atoms with van der Waals surface area (Å²) in [6.07, 6.45) is 1.99. The minimum atomic E-state index is -2.58.